The fraction of sp³-hybridized carbons (Fsp3) is 0.448. The minimum absolute atomic E-state index is 0.0153. The van der Waals surface area contributed by atoms with Crippen LogP contribution in [0, 0.1) is 17.5 Å². The maximum atomic E-state index is 14.9. The number of morpholine rings is 1. The number of amides is 1. The molecular weight excluding hydrogens is 591 g/mol. The number of nitrogens with zero attached hydrogens (tertiary/aromatic N) is 4. The van der Waals surface area contributed by atoms with E-state index in [1.54, 1.807) is 25.7 Å². The molecular formula is C29H31ClF3N5O5. The van der Waals surface area contributed by atoms with Gasteiger partial charge in [0.1, 0.15) is 29.0 Å². The Morgan fingerprint density at radius 3 is 2.60 bits per heavy atom. The summed E-state index contributed by atoms with van der Waals surface area (Å²) in [6.45, 7) is 6.89. The van der Waals surface area contributed by atoms with Crippen LogP contribution in [-0.2, 0) is 19.0 Å². The van der Waals surface area contributed by atoms with Crippen LogP contribution < -0.4 is 5.32 Å². The molecule has 14 heteroatoms. The number of hydrogen-bond acceptors (Lipinski definition) is 9. The van der Waals surface area contributed by atoms with E-state index >= 15 is 0 Å². The average molecular weight is 622 g/mol. The number of likely N-dealkylation sites (tertiary alicyclic amines) is 1. The number of amidine groups is 1. The number of carbonyl (C=O) groups excluding carboxylic acids is 2. The fourth-order valence-electron chi connectivity index (χ4n) is 5.36. The van der Waals surface area contributed by atoms with E-state index in [1.165, 1.54) is 19.2 Å². The number of halogens is 4. The van der Waals surface area contributed by atoms with Crippen molar-refractivity contribution in [2.75, 3.05) is 39.9 Å². The summed E-state index contributed by atoms with van der Waals surface area (Å²) in [5.74, 6) is -3.28. The number of benzene rings is 1. The molecule has 1 N–H and O–H groups in total. The zero-order valence-electron chi connectivity index (χ0n) is 24.0. The van der Waals surface area contributed by atoms with Gasteiger partial charge in [-0.2, -0.15) is 0 Å². The van der Waals surface area contributed by atoms with Gasteiger partial charge in [0.15, 0.2) is 11.7 Å². The van der Waals surface area contributed by atoms with E-state index in [0.717, 1.165) is 12.3 Å². The van der Waals surface area contributed by atoms with Crippen LogP contribution in [0.2, 0.25) is 5.02 Å². The standard InChI is InChI=1S/C29H31ClF3N5O5/c1-29(2,3)43-28(40)38-13-21-22(14-38)42-8-7-37(21)12-20-23(27(39)41-4)24(17-6-5-15(31)9-18(17)30)36-26(35-20)25-19(33)10-16(32)11-34-25/h5-6,9-11,21-22,24H,7-8,12-14H2,1-4H3,(H,35,36)/t21-,22-,24+/m1/s1. The SMILES string of the molecule is COC(=O)C1=C(CN2CCO[C@@H]3CN(C(=O)OC(C)(C)C)C[C@H]32)NC(c2ncc(F)cc2F)=N[C@H]1c1ccc(F)cc1Cl. The van der Waals surface area contributed by atoms with Crippen LogP contribution in [0.5, 0.6) is 0 Å². The summed E-state index contributed by atoms with van der Waals surface area (Å²) in [6, 6.07) is 2.89. The third-order valence-electron chi connectivity index (χ3n) is 7.25. The molecule has 2 saturated heterocycles. The molecule has 0 unspecified atom stereocenters. The fourth-order valence-corrected chi connectivity index (χ4v) is 5.63. The van der Waals surface area contributed by atoms with Crippen molar-refractivity contribution in [3.05, 3.63) is 75.5 Å². The zero-order valence-corrected chi connectivity index (χ0v) is 24.8. The molecule has 3 aliphatic heterocycles. The molecule has 3 atom stereocenters. The predicted molar refractivity (Wildman–Crippen MR) is 150 cm³/mol. The number of fused-ring (bicyclic) bond motifs is 1. The number of methoxy groups -OCH3 is 1. The quantitative estimate of drug-likeness (QED) is 0.500. The maximum absolute atomic E-state index is 14.9. The minimum atomic E-state index is -1.14. The van der Waals surface area contributed by atoms with Crippen molar-refractivity contribution in [2.45, 2.75) is 44.6 Å². The Labute approximate surface area is 251 Å². The van der Waals surface area contributed by atoms with Crippen molar-refractivity contribution in [2.24, 2.45) is 4.99 Å². The smallest absolute Gasteiger partial charge is 0.410 e. The van der Waals surface area contributed by atoms with E-state index in [0.29, 0.717) is 38.0 Å². The molecule has 2 aromatic rings. The Morgan fingerprint density at radius 1 is 1.16 bits per heavy atom. The molecule has 5 rings (SSSR count). The molecule has 1 aromatic heterocycles. The van der Waals surface area contributed by atoms with Gasteiger partial charge < -0.3 is 24.4 Å². The number of ether oxygens (including phenoxy) is 3. The first-order chi connectivity index (χ1) is 20.3. The molecule has 0 aliphatic carbocycles. The lowest BCUT2D eigenvalue weighted by Gasteiger charge is -2.38. The summed E-state index contributed by atoms with van der Waals surface area (Å²) in [4.78, 5) is 38.1. The largest absolute Gasteiger partial charge is 0.466 e. The van der Waals surface area contributed by atoms with Crippen LogP contribution in [0.25, 0.3) is 0 Å². The van der Waals surface area contributed by atoms with Crippen LogP contribution in [0.15, 0.2) is 46.7 Å². The molecule has 1 aromatic carbocycles. The number of aromatic nitrogens is 1. The van der Waals surface area contributed by atoms with E-state index in [-0.39, 0.29) is 46.4 Å². The van der Waals surface area contributed by atoms with Crippen molar-refractivity contribution >= 4 is 29.5 Å². The molecule has 1 amide bonds. The van der Waals surface area contributed by atoms with Gasteiger partial charge in [0.05, 0.1) is 44.2 Å². The Morgan fingerprint density at radius 2 is 1.93 bits per heavy atom. The van der Waals surface area contributed by atoms with Crippen molar-refractivity contribution in [1.82, 2.24) is 20.1 Å². The monoisotopic (exact) mass is 621 g/mol. The summed E-state index contributed by atoms with van der Waals surface area (Å²) >= 11 is 6.41. The Bertz CT molecular complexity index is 1500. The third kappa shape index (κ3) is 6.63. The molecule has 0 radical (unpaired) electrons. The maximum Gasteiger partial charge on any atom is 0.410 e. The summed E-state index contributed by atoms with van der Waals surface area (Å²) in [7, 11) is 1.21. The van der Waals surface area contributed by atoms with Crippen LogP contribution in [0.4, 0.5) is 18.0 Å². The van der Waals surface area contributed by atoms with Gasteiger partial charge in [0.25, 0.3) is 0 Å². The number of carbonyl (C=O) groups is 2. The molecule has 0 spiro atoms. The summed E-state index contributed by atoms with van der Waals surface area (Å²) in [5.41, 5.74) is -0.341. The van der Waals surface area contributed by atoms with Gasteiger partial charge in [-0.3, -0.25) is 9.89 Å². The molecule has 4 heterocycles. The molecule has 2 fully saturated rings. The molecule has 0 saturated carbocycles. The zero-order chi connectivity index (χ0) is 31.1. The Kier molecular flexibility index (Phi) is 8.68. The highest BCUT2D eigenvalue weighted by Crippen LogP contribution is 2.37. The molecule has 230 valence electrons. The topological polar surface area (TPSA) is 106 Å². The first kappa shape index (κ1) is 30.8. The molecule has 0 bridgehead atoms. The lowest BCUT2D eigenvalue weighted by Crippen LogP contribution is -2.53. The Hall–Kier alpha value is -3.68. The van der Waals surface area contributed by atoms with Gasteiger partial charge in [0, 0.05) is 42.0 Å². The van der Waals surface area contributed by atoms with Crippen LogP contribution in [0.3, 0.4) is 0 Å². The highest BCUT2D eigenvalue weighted by Gasteiger charge is 2.44. The van der Waals surface area contributed by atoms with Crippen LogP contribution in [-0.4, -0.2) is 90.3 Å². The lowest BCUT2D eigenvalue weighted by molar-refractivity contribution is -0.136. The van der Waals surface area contributed by atoms with Crippen molar-refractivity contribution in [1.29, 1.82) is 0 Å². The van der Waals surface area contributed by atoms with Crippen molar-refractivity contribution in [3.63, 3.8) is 0 Å². The number of hydrogen-bond donors (Lipinski definition) is 1. The number of rotatable bonds is 5. The number of pyridine rings is 1. The number of aliphatic imine (C=N–C) groups is 1. The molecule has 10 nitrogen and oxygen atoms in total. The van der Waals surface area contributed by atoms with Gasteiger partial charge in [-0.15, -0.1) is 0 Å². The van der Waals surface area contributed by atoms with Crippen LogP contribution in [0.1, 0.15) is 38.1 Å². The first-order valence-electron chi connectivity index (χ1n) is 13.6. The van der Waals surface area contributed by atoms with E-state index in [2.05, 4.69) is 15.3 Å². The minimum Gasteiger partial charge on any atom is -0.466 e. The van der Waals surface area contributed by atoms with E-state index in [9.17, 15) is 22.8 Å². The summed E-state index contributed by atoms with van der Waals surface area (Å²) in [6.07, 6.45) is 0.0608. The second-order valence-electron chi connectivity index (χ2n) is 11.4. The summed E-state index contributed by atoms with van der Waals surface area (Å²) in [5, 5.41) is 3.00. The summed E-state index contributed by atoms with van der Waals surface area (Å²) < 4.78 is 59.2. The van der Waals surface area contributed by atoms with Crippen LogP contribution >= 0.6 is 11.6 Å². The van der Waals surface area contributed by atoms with Crippen molar-refractivity contribution < 1.29 is 37.0 Å². The van der Waals surface area contributed by atoms with Gasteiger partial charge in [-0.05, 0) is 32.9 Å². The number of esters is 1. The van der Waals surface area contributed by atoms with Gasteiger partial charge in [0.2, 0.25) is 0 Å². The van der Waals surface area contributed by atoms with Crippen molar-refractivity contribution in [3.8, 4) is 0 Å². The van der Waals surface area contributed by atoms with Gasteiger partial charge in [-0.25, -0.2) is 27.7 Å². The van der Waals surface area contributed by atoms with Gasteiger partial charge >= 0.3 is 12.1 Å². The second-order valence-corrected chi connectivity index (χ2v) is 11.8. The third-order valence-corrected chi connectivity index (χ3v) is 7.58. The van der Waals surface area contributed by atoms with E-state index < -0.39 is 41.2 Å². The highest BCUT2D eigenvalue weighted by atomic mass is 35.5. The van der Waals surface area contributed by atoms with Gasteiger partial charge in [-0.1, -0.05) is 17.7 Å². The number of nitrogens with one attached hydrogen (secondary N) is 1. The lowest BCUT2D eigenvalue weighted by atomic mass is 9.94. The molecule has 43 heavy (non-hydrogen) atoms. The average Bonchev–Trinajstić information content (AvgIpc) is 3.37. The van der Waals surface area contributed by atoms with E-state index in [1.807, 2.05) is 4.90 Å². The normalized spacial score (nSPS) is 22.6. The highest BCUT2D eigenvalue weighted by molar-refractivity contribution is 6.31. The first-order valence-corrected chi connectivity index (χ1v) is 14.0. The Balaban J connectivity index is 1.54. The molecule has 3 aliphatic rings. The predicted octanol–water partition coefficient (Wildman–Crippen LogP) is 3.99. The second kappa shape index (κ2) is 12.1. The van der Waals surface area contributed by atoms with E-state index in [4.69, 9.17) is 25.8 Å².